The van der Waals surface area contributed by atoms with Gasteiger partial charge in [-0.3, -0.25) is 4.90 Å². The number of guanidine groups is 1. The first-order valence-electron chi connectivity index (χ1n) is 10.7. The highest BCUT2D eigenvalue weighted by Crippen LogP contribution is 2.20. The highest BCUT2D eigenvalue weighted by molar-refractivity contribution is 7.13. The molecule has 0 bridgehead atoms. The van der Waals surface area contributed by atoms with E-state index in [1.54, 1.807) is 11.3 Å². The normalized spacial score (nSPS) is 19.7. The van der Waals surface area contributed by atoms with Gasteiger partial charge in [-0.05, 0) is 43.0 Å². The lowest BCUT2D eigenvalue weighted by atomic mass is 9.99. The maximum absolute atomic E-state index is 6.26. The molecule has 6 nitrogen and oxygen atoms in total. The van der Waals surface area contributed by atoms with Gasteiger partial charge in [-0.2, -0.15) is 0 Å². The second kappa shape index (κ2) is 9.59. The molecule has 156 valence electrons. The highest BCUT2D eigenvalue weighted by Gasteiger charge is 2.20. The Bertz CT molecular complexity index is 772. The van der Waals surface area contributed by atoms with E-state index in [-0.39, 0.29) is 0 Å². The van der Waals surface area contributed by atoms with Crippen LogP contribution in [-0.2, 0) is 13.1 Å². The fourth-order valence-corrected chi connectivity index (χ4v) is 4.70. The summed E-state index contributed by atoms with van der Waals surface area (Å²) in [6, 6.07) is 8.87. The Hall–Kier alpha value is -2.12. The van der Waals surface area contributed by atoms with Crippen molar-refractivity contribution in [3.05, 3.63) is 47.0 Å². The molecule has 0 amide bonds. The zero-order valence-electron chi connectivity index (χ0n) is 17.3. The minimum absolute atomic E-state index is 0.639. The maximum atomic E-state index is 6.26. The number of aromatic nitrogens is 1. The third-order valence-electron chi connectivity index (χ3n) is 6.02. The molecule has 2 aliphatic rings. The number of hydrogen-bond acceptors (Lipinski definition) is 5. The van der Waals surface area contributed by atoms with Crippen LogP contribution in [0.1, 0.15) is 30.9 Å². The smallest absolute Gasteiger partial charge is 0.191 e. The number of nitrogens with zero attached hydrogens (tertiary/aromatic N) is 5. The Morgan fingerprint density at radius 3 is 2.41 bits per heavy atom. The minimum atomic E-state index is 0.639. The van der Waals surface area contributed by atoms with Crippen molar-refractivity contribution < 1.29 is 0 Å². The third-order valence-corrected chi connectivity index (χ3v) is 6.85. The summed E-state index contributed by atoms with van der Waals surface area (Å²) >= 11 is 1.69. The van der Waals surface area contributed by atoms with Crippen molar-refractivity contribution in [3.8, 4) is 0 Å². The van der Waals surface area contributed by atoms with E-state index >= 15 is 0 Å². The molecule has 0 spiro atoms. The van der Waals surface area contributed by atoms with Gasteiger partial charge < -0.3 is 15.5 Å². The van der Waals surface area contributed by atoms with Gasteiger partial charge in [-0.15, -0.1) is 11.3 Å². The highest BCUT2D eigenvalue weighted by atomic mass is 32.1. The minimum Gasteiger partial charge on any atom is -0.370 e. The van der Waals surface area contributed by atoms with Crippen molar-refractivity contribution >= 4 is 22.4 Å². The molecule has 1 aromatic heterocycles. The lowest BCUT2D eigenvalue weighted by Gasteiger charge is -2.35. The first kappa shape index (κ1) is 20.2. The molecule has 4 rings (SSSR count). The fraction of sp³-hybridized carbons (Fsp3) is 0.545. The number of aliphatic imine (C=N–C) groups is 1. The Balaban J connectivity index is 1.24. The zero-order valence-corrected chi connectivity index (χ0v) is 18.2. The molecule has 2 fully saturated rings. The lowest BCUT2D eigenvalue weighted by molar-refractivity contribution is 0.185. The van der Waals surface area contributed by atoms with Gasteiger partial charge in [0.1, 0.15) is 0 Å². The number of piperazine rings is 1. The molecule has 2 N–H and O–H groups in total. The van der Waals surface area contributed by atoms with Crippen LogP contribution in [0.25, 0.3) is 0 Å². The third kappa shape index (κ3) is 5.48. The number of anilines is 1. The Morgan fingerprint density at radius 2 is 1.76 bits per heavy atom. The summed E-state index contributed by atoms with van der Waals surface area (Å²) in [5.41, 5.74) is 8.86. The van der Waals surface area contributed by atoms with Crippen molar-refractivity contribution in [2.75, 3.05) is 44.2 Å². The summed E-state index contributed by atoms with van der Waals surface area (Å²) in [4.78, 5) is 16.1. The van der Waals surface area contributed by atoms with E-state index in [9.17, 15) is 0 Å². The second-order valence-corrected chi connectivity index (χ2v) is 9.11. The molecule has 2 aromatic rings. The van der Waals surface area contributed by atoms with Crippen molar-refractivity contribution in [2.24, 2.45) is 16.6 Å². The number of hydrogen-bond donors (Lipinski definition) is 1. The molecule has 0 unspecified atom stereocenters. The Labute approximate surface area is 178 Å². The average molecular weight is 413 g/mol. The van der Waals surface area contributed by atoms with Crippen molar-refractivity contribution in [1.29, 1.82) is 0 Å². The van der Waals surface area contributed by atoms with Crippen LogP contribution in [-0.4, -0.2) is 60.0 Å². The van der Waals surface area contributed by atoms with E-state index < -0.39 is 0 Å². The molecule has 3 heterocycles. The van der Waals surface area contributed by atoms with Gasteiger partial charge >= 0.3 is 0 Å². The van der Waals surface area contributed by atoms with E-state index in [4.69, 9.17) is 5.73 Å². The van der Waals surface area contributed by atoms with Crippen LogP contribution in [0.15, 0.2) is 40.8 Å². The summed E-state index contributed by atoms with van der Waals surface area (Å²) < 4.78 is 0. The summed E-state index contributed by atoms with van der Waals surface area (Å²) in [6.45, 7) is 10.2. The molecule has 7 heteroatoms. The standard InChI is InChI=1S/C22H32N6S/c1-18-6-9-26(10-7-18)17-20-4-2-19(3-5-20)16-25-21(23)27-11-13-28(14-12-27)22-24-8-15-29-22/h2-5,8,15,18H,6-7,9-14,16-17H2,1H3,(H2,23,25). The Morgan fingerprint density at radius 1 is 1.07 bits per heavy atom. The van der Waals surface area contributed by atoms with E-state index in [1.807, 2.05) is 11.6 Å². The van der Waals surface area contributed by atoms with E-state index in [1.165, 1.54) is 37.1 Å². The van der Waals surface area contributed by atoms with Crippen LogP contribution in [0.4, 0.5) is 5.13 Å². The molecule has 0 aliphatic carbocycles. The quantitative estimate of drug-likeness (QED) is 0.604. The monoisotopic (exact) mass is 412 g/mol. The van der Waals surface area contributed by atoms with Crippen LogP contribution in [0.5, 0.6) is 0 Å². The van der Waals surface area contributed by atoms with E-state index in [0.717, 1.165) is 43.8 Å². The van der Waals surface area contributed by atoms with Crippen LogP contribution < -0.4 is 10.6 Å². The van der Waals surface area contributed by atoms with E-state index in [2.05, 4.69) is 55.9 Å². The Kier molecular flexibility index (Phi) is 6.67. The molecule has 29 heavy (non-hydrogen) atoms. The predicted octanol–water partition coefficient (Wildman–Crippen LogP) is 3.01. The van der Waals surface area contributed by atoms with Crippen molar-refractivity contribution in [3.63, 3.8) is 0 Å². The van der Waals surface area contributed by atoms with Crippen LogP contribution >= 0.6 is 11.3 Å². The van der Waals surface area contributed by atoms with E-state index in [0.29, 0.717) is 12.5 Å². The number of thiazole rings is 1. The van der Waals surface area contributed by atoms with Crippen molar-refractivity contribution in [2.45, 2.75) is 32.9 Å². The number of rotatable bonds is 5. The van der Waals surface area contributed by atoms with Gasteiger partial charge in [0.05, 0.1) is 6.54 Å². The first-order chi connectivity index (χ1) is 14.2. The topological polar surface area (TPSA) is 61.0 Å². The largest absolute Gasteiger partial charge is 0.370 e. The molecule has 2 saturated heterocycles. The van der Waals surface area contributed by atoms with Gasteiger partial charge in [0.15, 0.2) is 11.1 Å². The SMILES string of the molecule is CC1CCN(Cc2ccc(CN=C(N)N3CCN(c4nccs4)CC3)cc2)CC1. The van der Waals surface area contributed by atoms with Gasteiger partial charge in [-0.25, -0.2) is 9.98 Å². The van der Waals surface area contributed by atoms with Gasteiger partial charge in [0.2, 0.25) is 0 Å². The van der Waals surface area contributed by atoms with Gasteiger partial charge in [0, 0.05) is 44.3 Å². The molecular formula is C22H32N6S. The lowest BCUT2D eigenvalue weighted by Crippen LogP contribution is -2.51. The summed E-state index contributed by atoms with van der Waals surface area (Å²) in [5.74, 6) is 1.53. The molecule has 0 atom stereocenters. The average Bonchev–Trinajstić information content (AvgIpc) is 3.30. The van der Waals surface area contributed by atoms with Crippen LogP contribution in [0.2, 0.25) is 0 Å². The molecule has 0 saturated carbocycles. The number of benzene rings is 1. The van der Waals surface area contributed by atoms with Gasteiger partial charge in [0.25, 0.3) is 0 Å². The number of likely N-dealkylation sites (tertiary alicyclic amines) is 1. The summed E-state index contributed by atoms with van der Waals surface area (Å²) in [7, 11) is 0. The number of nitrogens with two attached hydrogens (primary N) is 1. The number of piperidine rings is 1. The van der Waals surface area contributed by atoms with Crippen LogP contribution in [0, 0.1) is 5.92 Å². The second-order valence-electron chi connectivity index (χ2n) is 8.24. The van der Waals surface area contributed by atoms with Gasteiger partial charge in [-0.1, -0.05) is 31.2 Å². The molecule has 2 aliphatic heterocycles. The van der Waals surface area contributed by atoms with Crippen LogP contribution in [0.3, 0.4) is 0 Å². The molecule has 1 aromatic carbocycles. The molecule has 0 radical (unpaired) electrons. The first-order valence-corrected chi connectivity index (χ1v) is 11.5. The molecular weight excluding hydrogens is 380 g/mol. The fourth-order valence-electron chi connectivity index (χ4n) is 4.00. The summed E-state index contributed by atoms with van der Waals surface area (Å²) in [6.07, 6.45) is 4.51. The summed E-state index contributed by atoms with van der Waals surface area (Å²) in [5, 5.41) is 3.12. The van der Waals surface area contributed by atoms with Crippen molar-refractivity contribution in [1.82, 2.24) is 14.8 Å². The maximum Gasteiger partial charge on any atom is 0.191 e. The zero-order chi connectivity index (χ0) is 20.1. The predicted molar refractivity (Wildman–Crippen MR) is 121 cm³/mol.